The molecule has 0 amide bonds. The Morgan fingerprint density at radius 1 is 1.43 bits per heavy atom. The summed E-state index contributed by atoms with van der Waals surface area (Å²) in [5.74, 6) is 0. The molecule has 2 aromatic rings. The summed E-state index contributed by atoms with van der Waals surface area (Å²) >= 11 is 0. The molecule has 0 bridgehead atoms. The van der Waals surface area contributed by atoms with Crippen molar-refractivity contribution in [1.82, 2.24) is 19.7 Å². The molecule has 2 aromatic heterocycles. The van der Waals surface area contributed by atoms with Crippen LogP contribution in [0.15, 0.2) is 28.0 Å². The number of aromatic amines is 2. The summed E-state index contributed by atoms with van der Waals surface area (Å²) in [6.07, 6.45) is 2.96. The van der Waals surface area contributed by atoms with Crippen molar-refractivity contribution >= 4 is 0 Å². The molecule has 0 saturated carbocycles. The lowest BCUT2D eigenvalue weighted by molar-refractivity contribution is 0.773. The number of hydrogen-bond acceptors (Lipinski definition) is 3. The summed E-state index contributed by atoms with van der Waals surface area (Å²) in [6, 6.07) is 1.70. The molecular formula is C8H8N4O2. The van der Waals surface area contributed by atoms with Crippen LogP contribution in [0.5, 0.6) is 0 Å². The first-order valence-electron chi connectivity index (χ1n) is 3.99. The molecule has 0 aliphatic heterocycles. The molecule has 0 aromatic carbocycles. The molecule has 0 radical (unpaired) electrons. The molecule has 0 aliphatic carbocycles. The quantitative estimate of drug-likeness (QED) is 0.636. The van der Waals surface area contributed by atoms with Gasteiger partial charge < -0.3 is 4.98 Å². The lowest BCUT2D eigenvalue weighted by Gasteiger charge is -1.98. The van der Waals surface area contributed by atoms with Crippen molar-refractivity contribution in [3.8, 4) is 11.3 Å². The van der Waals surface area contributed by atoms with Crippen LogP contribution in [0.2, 0.25) is 0 Å². The van der Waals surface area contributed by atoms with E-state index in [1.165, 1.54) is 6.20 Å². The molecule has 14 heavy (non-hydrogen) atoms. The molecule has 0 aliphatic rings. The Balaban J connectivity index is 2.70. The van der Waals surface area contributed by atoms with Gasteiger partial charge in [0.25, 0.3) is 5.56 Å². The van der Waals surface area contributed by atoms with Crippen LogP contribution in [-0.2, 0) is 7.05 Å². The van der Waals surface area contributed by atoms with E-state index in [2.05, 4.69) is 15.1 Å². The van der Waals surface area contributed by atoms with Crippen molar-refractivity contribution < 1.29 is 0 Å². The van der Waals surface area contributed by atoms with Gasteiger partial charge in [-0.15, -0.1) is 0 Å². The molecule has 6 heteroatoms. The van der Waals surface area contributed by atoms with Crippen molar-refractivity contribution in [2.75, 3.05) is 0 Å². The average Bonchev–Trinajstić information content (AvgIpc) is 2.52. The van der Waals surface area contributed by atoms with Crippen LogP contribution in [0.25, 0.3) is 11.3 Å². The molecule has 0 spiro atoms. The maximum atomic E-state index is 11.4. The second-order valence-electron chi connectivity index (χ2n) is 2.83. The van der Waals surface area contributed by atoms with Crippen LogP contribution in [0.3, 0.4) is 0 Å². The highest BCUT2D eigenvalue weighted by Gasteiger charge is 2.06. The number of nitrogens with one attached hydrogen (secondary N) is 2. The van der Waals surface area contributed by atoms with E-state index in [1.807, 2.05) is 0 Å². The minimum atomic E-state index is -0.513. The summed E-state index contributed by atoms with van der Waals surface area (Å²) in [6.45, 7) is 0. The van der Waals surface area contributed by atoms with Crippen molar-refractivity contribution in [1.29, 1.82) is 0 Å². The zero-order chi connectivity index (χ0) is 10.1. The van der Waals surface area contributed by atoms with Crippen LogP contribution < -0.4 is 11.2 Å². The lowest BCUT2D eigenvalue weighted by atomic mass is 10.2. The van der Waals surface area contributed by atoms with Crippen molar-refractivity contribution in [2.45, 2.75) is 0 Å². The highest BCUT2D eigenvalue weighted by atomic mass is 16.2. The topological polar surface area (TPSA) is 83.5 Å². The van der Waals surface area contributed by atoms with Crippen LogP contribution in [0.1, 0.15) is 0 Å². The van der Waals surface area contributed by atoms with Crippen molar-refractivity contribution in [3.05, 3.63) is 39.3 Å². The Morgan fingerprint density at radius 2 is 2.21 bits per heavy atom. The van der Waals surface area contributed by atoms with Gasteiger partial charge in [-0.2, -0.15) is 5.10 Å². The normalized spacial score (nSPS) is 10.4. The predicted molar refractivity (Wildman–Crippen MR) is 49.9 cm³/mol. The van der Waals surface area contributed by atoms with Gasteiger partial charge in [0.1, 0.15) is 0 Å². The largest absolute Gasteiger partial charge is 0.325 e. The number of nitrogens with zero attached hydrogens (tertiary/aromatic N) is 2. The molecule has 0 atom stereocenters. The van der Waals surface area contributed by atoms with E-state index < -0.39 is 11.2 Å². The van der Waals surface area contributed by atoms with Crippen LogP contribution in [0, 0.1) is 0 Å². The second kappa shape index (κ2) is 2.99. The smallest absolute Gasteiger partial charge is 0.313 e. The van der Waals surface area contributed by atoms with Crippen LogP contribution in [-0.4, -0.2) is 19.7 Å². The summed E-state index contributed by atoms with van der Waals surface area (Å²) in [7, 11) is 1.72. The monoisotopic (exact) mass is 192 g/mol. The molecule has 0 saturated heterocycles. The summed E-state index contributed by atoms with van der Waals surface area (Å²) < 4.78 is 1.56. The summed E-state index contributed by atoms with van der Waals surface area (Å²) in [5, 5.41) is 3.93. The number of rotatable bonds is 1. The molecule has 2 rings (SSSR count). The van der Waals surface area contributed by atoms with Gasteiger partial charge in [0.05, 0.1) is 11.3 Å². The van der Waals surface area contributed by atoms with E-state index in [9.17, 15) is 9.59 Å². The Labute approximate surface area is 78.2 Å². The second-order valence-corrected chi connectivity index (χ2v) is 2.83. The third-order valence-electron chi connectivity index (χ3n) is 1.92. The third-order valence-corrected chi connectivity index (χ3v) is 1.92. The van der Waals surface area contributed by atoms with Gasteiger partial charge in [-0.05, 0) is 6.07 Å². The Bertz CT molecular complexity index is 563. The van der Waals surface area contributed by atoms with Gasteiger partial charge in [0.2, 0.25) is 0 Å². The SMILES string of the molecule is Cn1nccc1-c1c[nH]c(=O)[nH]c1=O. The number of hydrogen-bond donors (Lipinski definition) is 2. The minimum Gasteiger partial charge on any atom is -0.313 e. The lowest BCUT2D eigenvalue weighted by Crippen LogP contribution is -2.23. The van der Waals surface area contributed by atoms with E-state index in [4.69, 9.17) is 0 Å². The van der Waals surface area contributed by atoms with Gasteiger partial charge in [0.15, 0.2) is 0 Å². The third kappa shape index (κ3) is 1.26. The fourth-order valence-electron chi connectivity index (χ4n) is 1.24. The van der Waals surface area contributed by atoms with Gasteiger partial charge in [-0.25, -0.2) is 4.79 Å². The van der Waals surface area contributed by atoms with Crippen LogP contribution >= 0.6 is 0 Å². The number of aromatic nitrogens is 4. The summed E-state index contributed by atoms with van der Waals surface area (Å²) in [4.78, 5) is 26.7. The minimum absolute atomic E-state index is 0.393. The molecule has 2 heterocycles. The fourth-order valence-corrected chi connectivity index (χ4v) is 1.24. The number of aryl methyl sites for hydroxylation is 1. The Kier molecular flexibility index (Phi) is 1.81. The summed E-state index contributed by atoms with van der Waals surface area (Å²) in [5.41, 5.74) is 0.116. The van der Waals surface area contributed by atoms with Gasteiger partial charge in [-0.1, -0.05) is 0 Å². The molecule has 72 valence electrons. The molecule has 6 nitrogen and oxygen atoms in total. The number of H-pyrrole nitrogens is 2. The van der Waals surface area contributed by atoms with Crippen LogP contribution in [0.4, 0.5) is 0 Å². The standard InChI is InChI=1S/C8H8N4O2/c1-12-6(2-3-10-12)5-4-9-8(14)11-7(5)13/h2-4H,1H3,(H2,9,11,13,14). The first kappa shape index (κ1) is 8.49. The maximum Gasteiger partial charge on any atom is 0.325 e. The average molecular weight is 192 g/mol. The van der Waals surface area contributed by atoms with Gasteiger partial charge in [0, 0.05) is 19.4 Å². The highest BCUT2D eigenvalue weighted by molar-refractivity contribution is 5.56. The van der Waals surface area contributed by atoms with Gasteiger partial charge >= 0.3 is 5.69 Å². The van der Waals surface area contributed by atoms with E-state index in [-0.39, 0.29) is 0 Å². The Hall–Kier alpha value is -2.11. The molecule has 0 unspecified atom stereocenters. The van der Waals surface area contributed by atoms with E-state index >= 15 is 0 Å². The zero-order valence-corrected chi connectivity index (χ0v) is 7.44. The zero-order valence-electron chi connectivity index (χ0n) is 7.44. The first-order chi connectivity index (χ1) is 6.68. The van der Waals surface area contributed by atoms with Crippen molar-refractivity contribution in [3.63, 3.8) is 0 Å². The van der Waals surface area contributed by atoms with E-state index in [0.717, 1.165) is 0 Å². The maximum absolute atomic E-state index is 11.4. The molecule has 2 N–H and O–H groups in total. The molecular weight excluding hydrogens is 184 g/mol. The fraction of sp³-hybridized carbons (Fsp3) is 0.125. The van der Waals surface area contributed by atoms with E-state index in [0.29, 0.717) is 11.3 Å². The molecule has 0 fully saturated rings. The van der Waals surface area contributed by atoms with Gasteiger partial charge in [-0.3, -0.25) is 14.5 Å². The van der Waals surface area contributed by atoms with E-state index in [1.54, 1.807) is 24.0 Å². The van der Waals surface area contributed by atoms with Crippen molar-refractivity contribution in [2.24, 2.45) is 7.05 Å². The predicted octanol–water partition coefficient (Wildman–Crippen LogP) is -0.536. The Morgan fingerprint density at radius 3 is 2.79 bits per heavy atom. The first-order valence-corrected chi connectivity index (χ1v) is 3.99. The highest BCUT2D eigenvalue weighted by Crippen LogP contribution is 2.10.